The zero-order valence-corrected chi connectivity index (χ0v) is 10.5. The first-order chi connectivity index (χ1) is 8.83. The molecule has 5 heteroatoms. The number of hydrogen-bond donors (Lipinski definition) is 1. The van der Waals surface area contributed by atoms with Crippen LogP contribution in [0.4, 0.5) is 0 Å². The topological polar surface area (TPSA) is 64.7 Å². The molecule has 90 valence electrons. The van der Waals surface area contributed by atoms with Gasteiger partial charge in [0.25, 0.3) is 0 Å². The molecule has 0 saturated heterocycles. The van der Waals surface area contributed by atoms with Crippen molar-refractivity contribution in [1.29, 1.82) is 0 Å². The van der Waals surface area contributed by atoms with Crippen LogP contribution in [0, 0.1) is 0 Å². The molecule has 0 saturated carbocycles. The Balaban J connectivity index is 1.84. The van der Waals surface area contributed by atoms with E-state index in [4.69, 9.17) is 5.73 Å². The predicted molar refractivity (Wildman–Crippen MR) is 72.3 cm³/mol. The average molecular weight is 256 g/mol. The largest absolute Gasteiger partial charge is 0.324 e. The van der Waals surface area contributed by atoms with Gasteiger partial charge in [-0.3, -0.25) is 0 Å². The molecule has 3 rings (SSSR count). The summed E-state index contributed by atoms with van der Waals surface area (Å²) in [5, 5.41) is 0.979. The second-order valence-electron chi connectivity index (χ2n) is 4.01. The third-order valence-electron chi connectivity index (χ3n) is 2.71. The molecule has 2 heterocycles. The monoisotopic (exact) mass is 256 g/mol. The first-order valence-electron chi connectivity index (χ1n) is 5.70. The molecule has 1 unspecified atom stereocenters. The highest BCUT2D eigenvalue weighted by Gasteiger charge is 2.11. The Bertz CT molecular complexity index is 617. The van der Waals surface area contributed by atoms with Crippen molar-refractivity contribution in [3.63, 3.8) is 0 Å². The molecule has 18 heavy (non-hydrogen) atoms. The van der Waals surface area contributed by atoms with Crippen molar-refractivity contribution in [2.45, 2.75) is 12.5 Å². The summed E-state index contributed by atoms with van der Waals surface area (Å²) in [5.74, 6) is 0. The normalized spacial score (nSPS) is 12.7. The van der Waals surface area contributed by atoms with Crippen LogP contribution < -0.4 is 5.73 Å². The molecular formula is C13H12N4S. The average Bonchev–Trinajstić information content (AvgIpc) is 2.82. The van der Waals surface area contributed by atoms with Gasteiger partial charge in [-0.15, -0.1) is 0 Å². The summed E-state index contributed by atoms with van der Waals surface area (Å²) in [6, 6.07) is 10.0. The highest BCUT2D eigenvalue weighted by Crippen LogP contribution is 2.22. The first-order valence-corrected chi connectivity index (χ1v) is 6.51. The standard InChI is InChI=1S/C13H12N4S/c14-10(9-4-2-1-3-5-9)8-11-17-12-13(18-11)16-7-6-15-12/h1-7,10H,8,14H2. The first kappa shape index (κ1) is 11.3. The van der Waals surface area contributed by atoms with Gasteiger partial charge in [0.1, 0.15) is 0 Å². The fourth-order valence-electron chi connectivity index (χ4n) is 1.81. The molecule has 0 radical (unpaired) electrons. The molecule has 1 aromatic carbocycles. The lowest BCUT2D eigenvalue weighted by Gasteiger charge is -2.09. The molecular weight excluding hydrogens is 244 g/mol. The van der Waals surface area contributed by atoms with E-state index >= 15 is 0 Å². The number of thiazole rings is 1. The zero-order valence-electron chi connectivity index (χ0n) is 9.65. The lowest BCUT2D eigenvalue weighted by molar-refractivity contribution is 0.719. The van der Waals surface area contributed by atoms with E-state index in [0.29, 0.717) is 12.1 Å². The van der Waals surface area contributed by atoms with Gasteiger partial charge in [0, 0.05) is 24.9 Å². The maximum Gasteiger partial charge on any atom is 0.189 e. The van der Waals surface area contributed by atoms with Crippen LogP contribution in [0.2, 0.25) is 0 Å². The predicted octanol–water partition coefficient (Wildman–Crippen LogP) is 2.33. The number of hydrogen-bond acceptors (Lipinski definition) is 5. The molecule has 1 atom stereocenters. The lowest BCUT2D eigenvalue weighted by atomic mass is 10.1. The smallest absolute Gasteiger partial charge is 0.189 e. The summed E-state index contributed by atoms with van der Waals surface area (Å²) in [7, 11) is 0. The second kappa shape index (κ2) is 4.80. The van der Waals surface area contributed by atoms with Crippen LogP contribution in [-0.4, -0.2) is 15.0 Å². The number of nitrogens with zero attached hydrogens (tertiary/aromatic N) is 3. The summed E-state index contributed by atoms with van der Waals surface area (Å²) in [4.78, 5) is 13.7. The lowest BCUT2D eigenvalue weighted by Crippen LogP contribution is -2.12. The molecule has 0 spiro atoms. The van der Waals surface area contributed by atoms with Gasteiger partial charge in [-0.05, 0) is 5.56 Å². The van der Waals surface area contributed by atoms with Crippen LogP contribution in [0.15, 0.2) is 42.7 Å². The molecule has 2 aromatic heterocycles. The third kappa shape index (κ3) is 2.23. The van der Waals surface area contributed by atoms with Gasteiger partial charge in [-0.1, -0.05) is 41.7 Å². The Kier molecular flexibility index (Phi) is 3.00. The van der Waals surface area contributed by atoms with Gasteiger partial charge >= 0.3 is 0 Å². The molecule has 0 amide bonds. The van der Waals surface area contributed by atoms with E-state index in [2.05, 4.69) is 15.0 Å². The van der Waals surface area contributed by atoms with Gasteiger partial charge in [0.2, 0.25) is 0 Å². The van der Waals surface area contributed by atoms with Gasteiger partial charge in [-0.2, -0.15) is 0 Å². The van der Waals surface area contributed by atoms with Crippen molar-refractivity contribution in [2.75, 3.05) is 0 Å². The minimum absolute atomic E-state index is 0.0354. The van der Waals surface area contributed by atoms with Crippen LogP contribution >= 0.6 is 11.3 Å². The summed E-state index contributed by atoms with van der Waals surface area (Å²) in [6.07, 6.45) is 4.05. The van der Waals surface area contributed by atoms with Crippen molar-refractivity contribution in [1.82, 2.24) is 15.0 Å². The Morgan fingerprint density at radius 1 is 1.11 bits per heavy atom. The second-order valence-corrected chi connectivity index (χ2v) is 5.08. The molecule has 0 bridgehead atoms. The number of nitrogens with two attached hydrogens (primary N) is 1. The number of fused-ring (bicyclic) bond motifs is 1. The van der Waals surface area contributed by atoms with Gasteiger partial charge < -0.3 is 5.73 Å². The van der Waals surface area contributed by atoms with Crippen molar-refractivity contribution in [3.8, 4) is 0 Å². The maximum atomic E-state index is 6.17. The van der Waals surface area contributed by atoms with Crippen molar-refractivity contribution in [3.05, 3.63) is 53.3 Å². The van der Waals surface area contributed by atoms with Crippen LogP contribution in [0.3, 0.4) is 0 Å². The van der Waals surface area contributed by atoms with Crippen LogP contribution in [0.5, 0.6) is 0 Å². The van der Waals surface area contributed by atoms with E-state index in [1.165, 1.54) is 0 Å². The summed E-state index contributed by atoms with van der Waals surface area (Å²) < 4.78 is 0. The minimum atomic E-state index is -0.0354. The Morgan fingerprint density at radius 3 is 2.67 bits per heavy atom. The van der Waals surface area contributed by atoms with Crippen molar-refractivity contribution < 1.29 is 0 Å². The maximum absolute atomic E-state index is 6.17. The van der Waals surface area contributed by atoms with Crippen molar-refractivity contribution in [2.24, 2.45) is 5.73 Å². The Morgan fingerprint density at radius 2 is 1.89 bits per heavy atom. The van der Waals surface area contributed by atoms with Crippen LogP contribution in [0.25, 0.3) is 10.5 Å². The fraction of sp³-hybridized carbons (Fsp3) is 0.154. The summed E-state index contributed by atoms with van der Waals surface area (Å²) in [6.45, 7) is 0. The zero-order chi connectivity index (χ0) is 12.4. The van der Waals surface area contributed by atoms with Gasteiger partial charge in [0.05, 0.1) is 5.01 Å². The fourth-order valence-corrected chi connectivity index (χ4v) is 2.73. The molecule has 3 aromatic rings. The molecule has 2 N–H and O–H groups in total. The Hall–Kier alpha value is -1.85. The molecule has 0 aliphatic rings. The van der Waals surface area contributed by atoms with Crippen molar-refractivity contribution >= 4 is 21.8 Å². The van der Waals surface area contributed by atoms with E-state index in [9.17, 15) is 0 Å². The number of rotatable bonds is 3. The quantitative estimate of drug-likeness (QED) is 0.781. The molecule has 0 fully saturated rings. The molecule has 0 aliphatic heterocycles. The number of benzene rings is 1. The van der Waals surface area contributed by atoms with Gasteiger partial charge in [0.15, 0.2) is 10.5 Å². The van der Waals surface area contributed by atoms with Crippen LogP contribution in [-0.2, 0) is 6.42 Å². The highest BCUT2D eigenvalue weighted by atomic mass is 32.1. The molecule has 4 nitrogen and oxygen atoms in total. The van der Waals surface area contributed by atoms with Gasteiger partial charge in [-0.25, -0.2) is 15.0 Å². The van der Waals surface area contributed by atoms with E-state index in [0.717, 1.165) is 15.4 Å². The van der Waals surface area contributed by atoms with E-state index < -0.39 is 0 Å². The van der Waals surface area contributed by atoms with Crippen LogP contribution in [0.1, 0.15) is 16.6 Å². The van der Waals surface area contributed by atoms with E-state index in [-0.39, 0.29) is 6.04 Å². The SMILES string of the molecule is NC(Cc1nc2nccnc2s1)c1ccccc1. The Labute approximate surface area is 109 Å². The third-order valence-corrected chi connectivity index (χ3v) is 3.69. The van der Waals surface area contributed by atoms with E-state index in [1.807, 2.05) is 30.3 Å². The summed E-state index contributed by atoms with van der Waals surface area (Å²) in [5.41, 5.74) is 8.00. The highest BCUT2D eigenvalue weighted by molar-refractivity contribution is 7.18. The minimum Gasteiger partial charge on any atom is -0.324 e. The molecule has 0 aliphatic carbocycles. The van der Waals surface area contributed by atoms with E-state index in [1.54, 1.807) is 23.7 Å². The number of aromatic nitrogens is 3. The summed E-state index contributed by atoms with van der Waals surface area (Å²) >= 11 is 1.56.